The molecule has 0 bridgehead atoms. The van der Waals surface area contributed by atoms with E-state index in [1.54, 1.807) is 78.9 Å². The van der Waals surface area contributed by atoms with E-state index < -0.39 is 17.4 Å². The molecule has 0 spiro atoms. The van der Waals surface area contributed by atoms with Crippen molar-refractivity contribution >= 4 is 11.9 Å². The molecule has 0 radical (unpaired) electrons. The fraction of sp³-hybridized carbons (Fsp3) is 0.294. The summed E-state index contributed by atoms with van der Waals surface area (Å²) in [5.41, 5.74) is 1.11. The van der Waals surface area contributed by atoms with E-state index >= 15 is 0 Å². The number of carbonyl (C=O) groups is 2. The first-order valence-corrected chi connectivity index (χ1v) is 13.4. The molecule has 0 aliphatic heterocycles. The smallest absolute Gasteiger partial charge is 0.343 e. The molecule has 0 saturated heterocycles. The average molecular weight is 543 g/mol. The molecular weight excluding hydrogens is 504 g/mol. The van der Waals surface area contributed by atoms with Crippen LogP contribution in [0.15, 0.2) is 92.0 Å². The molecule has 0 fully saturated rings. The number of ether oxygens (including phenoxy) is 4. The lowest BCUT2D eigenvalue weighted by atomic mass is 9.86. The maximum absolute atomic E-state index is 12.9. The maximum atomic E-state index is 12.9. The lowest BCUT2D eigenvalue weighted by Gasteiger charge is -2.23. The molecule has 0 aliphatic rings. The van der Waals surface area contributed by atoms with Gasteiger partial charge in [-0.3, -0.25) is 0 Å². The first kappa shape index (κ1) is 30.2. The van der Waals surface area contributed by atoms with E-state index in [-0.39, 0.29) is 12.2 Å². The van der Waals surface area contributed by atoms with Crippen LogP contribution in [0.2, 0.25) is 0 Å². The van der Waals surface area contributed by atoms with Gasteiger partial charge in [-0.2, -0.15) is 0 Å². The van der Waals surface area contributed by atoms with Crippen molar-refractivity contribution in [1.82, 2.24) is 0 Å². The molecular formula is C34H38O6. The molecule has 2 atom stereocenters. The molecule has 210 valence electrons. The van der Waals surface area contributed by atoms with Gasteiger partial charge >= 0.3 is 11.9 Å². The zero-order valence-corrected chi connectivity index (χ0v) is 23.9. The molecule has 0 aromatic heterocycles. The summed E-state index contributed by atoms with van der Waals surface area (Å²) < 4.78 is 23.0. The van der Waals surface area contributed by atoms with Gasteiger partial charge < -0.3 is 18.9 Å². The van der Waals surface area contributed by atoms with Crippen LogP contribution in [-0.4, -0.2) is 24.1 Å². The van der Waals surface area contributed by atoms with Crippen molar-refractivity contribution in [3.63, 3.8) is 0 Å². The van der Waals surface area contributed by atoms with Crippen LogP contribution in [0.5, 0.6) is 23.0 Å². The Morgan fingerprint density at radius 1 is 0.700 bits per heavy atom. The summed E-state index contributed by atoms with van der Waals surface area (Å²) >= 11 is 0. The van der Waals surface area contributed by atoms with Crippen LogP contribution in [0.1, 0.15) is 73.7 Å². The Hall–Kier alpha value is -4.32. The van der Waals surface area contributed by atoms with Gasteiger partial charge in [0, 0.05) is 5.56 Å². The molecule has 6 nitrogen and oxygen atoms in total. The highest BCUT2D eigenvalue weighted by Gasteiger charge is 2.23. The molecule has 0 N–H and O–H groups in total. The number of hydrogen-bond donors (Lipinski definition) is 0. The Bertz CT molecular complexity index is 1320. The van der Waals surface area contributed by atoms with E-state index in [1.807, 2.05) is 34.6 Å². The summed E-state index contributed by atoms with van der Waals surface area (Å²) in [6.07, 6.45) is 4.90. The van der Waals surface area contributed by atoms with Crippen LogP contribution < -0.4 is 18.9 Å². The normalized spacial score (nSPS) is 12.5. The van der Waals surface area contributed by atoms with Crippen molar-refractivity contribution < 1.29 is 28.5 Å². The van der Waals surface area contributed by atoms with Gasteiger partial charge in [0.15, 0.2) is 0 Å². The largest absolute Gasteiger partial charge is 0.486 e. The third-order valence-electron chi connectivity index (χ3n) is 6.26. The van der Waals surface area contributed by atoms with Gasteiger partial charge in [0.05, 0.1) is 11.1 Å². The predicted molar refractivity (Wildman–Crippen MR) is 158 cm³/mol. The molecule has 40 heavy (non-hydrogen) atoms. The minimum atomic E-state index is -0.504. The van der Waals surface area contributed by atoms with Crippen LogP contribution in [0, 0.1) is 0 Å². The summed E-state index contributed by atoms with van der Waals surface area (Å²) in [7, 11) is 0. The van der Waals surface area contributed by atoms with Gasteiger partial charge in [-0.05, 0) is 85.0 Å². The fourth-order valence-electron chi connectivity index (χ4n) is 3.86. The predicted octanol–water partition coefficient (Wildman–Crippen LogP) is 8.11. The van der Waals surface area contributed by atoms with Crippen LogP contribution in [0.25, 0.3) is 0 Å². The molecule has 0 amide bonds. The van der Waals surface area contributed by atoms with Gasteiger partial charge in [0.1, 0.15) is 35.2 Å². The van der Waals surface area contributed by atoms with Gasteiger partial charge in [0.2, 0.25) is 0 Å². The number of carbonyl (C=O) groups excluding carboxylic acids is 2. The average Bonchev–Trinajstić information content (AvgIpc) is 2.95. The Morgan fingerprint density at radius 2 is 1.12 bits per heavy atom. The topological polar surface area (TPSA) is 71.1 Å². The van der Waals surface area contributed by atoms with E-state index in [4.69, 9.17) is 18.9 Å². The van der Waals surface area contributed by atoms with Crippen molar-refractivity contribution in [3.05, 3.63) is 109 Å². The zero-order valence-electron chi connectivity index (χ0n) is 23.9. The quantitative estimate of drug-likeness (QED) is 0.131. The van der Waals surface area contributed by atoms with Crippen molar-refractivity contribution in [1.29, 1.82) is 0 Å². The van der Waals surface area contributed by atoms with Crippen LogP contribution in [0.3, 0.4) is 0 Å². The number of hydrogen-bond acceptors (Lipinski definition) is 6. The molecule has 0 saturated carbocycles. The minimum absolute atomic E-state index is 0.0921. The second-order valence-electron chi connectivity index (χ2n) is 10.3. The van der Waals surface area contributed by atoms with Gasteiger partial charge in [0.25, 0.3) is 0 Å². The maximum Gasteiger partial charge on any atom is 0.343 e. The van der Waals surface area contributed by atoms with E-state index in [0.717, 1.165) is 18.4 Å². The Morgan fingerprint density at radius 3 is 1.52 bits per heavy atom. The van der Waals surface area contributed by atoms with Crippen LogP contribution in [-0.2, 0) is 5.41 Å². The van der Waals surface area contributed by atoms with E-state index in [1.165, 1.54) is 0 Å². The van der Waals surface area contributed by atoms with Crippen molar-refractivity contribution in [2.45, 2.75) is 65.1 Å². The number of esters is 2. The number of benzene rings is 3. The zero-order chi connectivity index (χ0) is 29.3. The van der Waals surface area contributed by atoms with E-state index in [2.05, 4.69) is 13.2 Å². The minimum Gasteiger partial charge on any atom is -0.486 e. The molecule has 3 rings (SSSR count). The van der Waals surface area contributed by atoms with Gasteiger partial charge in [-0.25, -0.2) is 9.59 Å². The molecule has 3 aromatic carbocycles. The monoisotopic (exact) mass is 542 g/mol. The second-order valence-corrected chi connectivity index (χ2v) is 10.3. The van der Waals surface area contributed by atoms with Crippen LogP contribution in [0.4, 0.5) is 0 Å². The van der Waals surface area contributed by atoms with Crippen molar-refractivity contribution in [2.75, 3.05) is 0 Å². The third kappa shape index (κ3) is 8.09. The summed E-state index contributed by atoms with van der Waals surface area (Å²) in [5.74, 6) is 1.03. The highest BCUT2D eigenvalue weighted by Crippen LogP contribution is 2.35. The molecule has 3 aromatic rings. The lowest BCUT2D eigenvalue weighted by molar-refractivity contribution is 0.0716. The SMILES string of the molecule is C=CC(CC)Oc1ccc(C(=O)Oc2ccc(OC(=O)c3ccc(OC(C=C)CC)cc3)c(C(C)(C)C)c2)cc1. The van der Waals surface area contributed by atoms with Crippen molar-refractivity contribution in [2.24, 2.45) is 0 Å². The summed E-state index contributed by atoms with van der Waals surface area (Å²) in [5, 5.41) is 0. The first-order valence-electron chi connectivity index (χ1n) is 13.4. The van der Waals surface area contributed by atoms with Gasteiger partial charge in [-0.15, -0.1) is 0 Å². The van der Waals surface area contributed by atoms with Crippen LogP contribution >= 0.6 is 0 Å². The number of rotatable bonds is 12. The molecule has 0 aliphatic carbocycles. The van der Waals surface area contributed by atoms with E-state index in [0.29, 0.717) is 34.1 Å². The van der Waals surface area contributed by atoms with E-state index in [9.17, 15) is 9.59 Å². The van der Waals surface area contributed by atoms with Crippen molar-refractivity contribution in [3.8, 4) is 23.0 Å². The third-order valence-corrected chi connectivity index (χ3v) is 6.26. The Kier molecular flexibility index (Phi) is 10.3. The fourth-order valence-corrected chi connectivity index (χ4v) is 3.86. The standard InChI is InChI=1S/C34H38O6/c1-8-25(9-2)37-27-16-12-23(13-17-27)32(35)39-29-20-21-31(30(22-29)34(5,6)7)40-33(36)24-14-18-28(19-15-24)38-26(10-3)11-4/h8,10,12-22,25-26H,1,3,9,11H2,2,4-7H3. The summed E-state index contributed by atoms with van der Waals surface area (Å²) in [6, 6.07) is 18.5. The molecule has 6 heteroatoms. The molecule has 0 heterocycles. The second kappa shape index (κ2) is 13.7. The highest BCUT2D eigenvalue weighted by molar-refractivity contribution is 5.92. The summed E-state index contributed by atoms with van der Waals surface area (Å²) in [4.78, 5) is 25.8. The Labute approximate surface area is 237 Å². The first-order chi connectivity index (χ1) is 19.1. The lowest BCUT2D eigenvalue weighted by Crippen LogP contribution is -2.17. The highest BCUT2D eigenvalue weighted by atomic mass is 16.5. The molecule has 2 unspecified atom stereocenters. The summed E-state index contributed by atoms with van der Waals surface area (Å²) in [6.45, 7) is 17.5. The Balaban J connectivity index is 1.73. The van der Waals surface area contributed by atoms with Gasteiger partial charge in [-0.1, -0.05) is 59.9 Å².